The molecule has 3 saturated carbocycles. The quantitative estimate of drug-likeness (QED) is 0.513. The van der Waals surface area contributed by atoms with Crippen LogP contribution in [0.4, 0.5) is 0 Å². The molecule has 0 nitrogen and oxygen atoms in total. The molecule has 0 N–H and O–H groups in total. The summed E-state index contributed by atoms with van der Waals surface area (Å²) in [6.07, 6.45) is 12.6. The van der Waals surface area contributed by atoms with E-state index in [-0.39, 0.29) is 0 Å². The predicted octanol–water partition coefficient (Wildman–Crippen LogP) is 3.61. The Bertz CT molecular complexity index is 153. The van der Waals surface area contributed by atoms with Crippen LogP contribution in [0.2, 0.25) is 0 Å². The largest absolute Gasteiger partial charge is 0.0527 e. The summed E-state index contributed by atoms with van der Waals surface area (Å²) in [5.41, 5.74) is 0. The molecule has 3 aliphatic carbocycles. The van der Waals surface area contributed by atoms with E-state index in [0.717, 1.165) is 0 Å². The lowest BCUT2D eigenvalue weighted by molar-refractivity contribution is 0.136. The summed E-state index contributed by atoms with van der Waals surface area (Å²) in [6.45, 7) is 0. The average Bonchev–Trinajstić information content (AvgIpc) is 2.71. The fourth-order valence-corrected chi connectivity index (χ4v) is 4.40. The van der Waals surface area contributed by atoms with Crippen molar-refractivity contribution >= 4 is 0 Å². The number of fused-ring (bicyclic) bond motifs is 3. The first kappa shape index (κ1) is 7.41. The summed E-state index contributed by atoms with van der Waals surface area (Å²) in [6, 6.07) is 0. The molecular formula is C12H20. The Hall–Kier alpha value is 0. The fraction of sp³-hybridized carbons (Fsp3) is 1.00. The standard InChI is InChI=1S/C12H20/c1-3-9-7-8-10-4-2-6-12(10)11(9)5-1/h9-12H,1-8H2/t9-,10-,11+,12+/m1/s1. The molecule has 0 aromatic rings. The second-order valence-corrected chi connectivity index (χ2v) is 5.29. The third-order valence-electron chi connectivity index (χ3n) is 4.89. The van der Waals surface area contributed by atoms with Crippen LogP contribution < -0.4 is 0 Å². The SMILES string of the molecule is C1C[C@@H]2CC[C@H]3CCC[C@@H]3[C@H]2C1. The number of rotatable bonds is 0. The molecule has 0 aromatic carbocycles. The molecule has 3 fully saturated rings. The van der Waals surface area contributed by atoms with Gasteiger partial charge in [0.25, 0.3) is 0 Å². The zero-order valence-corrected chi connectivity index (χ0v) is 7.97. The monoisotopic (exact) mass is 164 g/mol. The van der Waals surface area contributed by atoms with Crippen molar-refractivity contribution < 1.29 is 0 Å². The molecule has 4 atom stereocenters. The predicted molar refractivity (Wildman–Crippen MR) is 50.9 cm³/mol. The minimum atomic E-state index is 1.17. The molecule has 68 valence electrons. The Kier molecular flexibility index (Phi) is 1.70. The van der Waals surface area contributed by atoms with E-state index in [2.05, 4.69) is 0 Å². The molecule has 0 amide bonds. The minimum absolute atomic E-state index is 1.17. The van der Waals surface area contributed by atoms with Crippen LogP contribution in [0.25, 0.3) is 0 Å². The van der Waals surface area contributed by atoms with Crippen LogP contribution >= 0.6 is 0 Å². The molecule has 0 spiro atoms. The van der Waals surface area contributed by atoms with E-state index < -0.39 is 0 Å². The molecule has 0 saturated heterocycles. The molecule has 12 heavy (non-hydrogen) atoms. The highest BCUT2D eigenvalue weighted by Crippen LogP contribution is 2.53. The molecule has 0 aromatic heterocycles. The molecule has 0 heterocycles. The summed E-state index contributed by atoms with van der Waals surface area (Å²) in [4.78, 5) is 0. The van der Waals surface area contributed by atoms with Gasteiger partial charge in [-0.25, -0.2) is 0 Å². The van der Waals surface area contributed by atoms with E-state index in [1.165, 1.54) is 23.7 Å². The third-order valence-corrected chi connectivity index (χ3v) is 4.89. The van der Waals surface area contributed by atoms with E-state index in [1.54, 1.807) is 51.4 Å². The lowest BCUT2D eigenvalue weighted by Crippen LogP contribution is -2.28. The summed E-state index contributed by atoms with van der Waals surface area (Å²) < 4.78 is 0. The third kappa shape index (κ3) is 0.963. The van der Waals surface area contributed by atoms with Gasteiger partial charge in [0, 0.05) is 0 Å². The van der Waals surface area contributed by atoms with Gasteiger partial charge in [0.1, 0.15) is 0 Å². The van der Waals surface area contributed by atoms with Crippen molar-refractivity contribution in [2.24, 2.45) is 23.7 Å². The van der Waals surface area contributed by atoms with E-state index in [1.807, 2.05) is 0 Å². The maximum absolute atomic E-state index is 1.59. The van der Waals surface area contributed by atoms with Crippen molar-refractivity contribution in [3.8, 4) is 0 Å². The van der Waals surface area contributed by atoms with E-state index in [4.69, 9.17) is 0 Å². The molecule has 0 aliphatic heterocycles. The van der Waals surface area contributed by atoms with Crippen molar-refractivity contribution in [1.29, 1.82) is 0 Å². The van der Waals surface area contributed by atoms with Crippen molar-refractivity contribution in [2.45, 2.75) is 51.4 Å². The van der Waals surface area contributed by atoms with Crippen LogP contribution in [0.1, 0.15) is 51.4 Å². The van der Waals surface area contributed by atoms with Crippen LogP contribution in [0, 0.1) is 23.7 Å². The van der Waals surface area contributed by atoms with E-state index >= 15 is 0 Å². The summed E-state index contributed by atoms with van der Waals surface area (Å²) in [7, 11) is 0. The molecule has 0 unspecified atom stereocenters. The highest BCUT2D eigenvalue weighted by atomic mass is 14.5. The summed E-state index contributed by atoms with van der Waals surface area (Å²) in [5, 5.41) is 0. The fourth-order valence-electron chi connectivity index (χ4n) is 4.40. The first-order valence-electron chi connectivity index (χ1n) is 5.95. The second kappa shape index (κ2) is 2.75. The Balaban J connectivity index is 1.81. The van der Waals surface area contributed by atoms with E-state index in [9.17, 15) is 0 Å². The maximum Gasteiger partial charge on any atom is -0.0355 e. The Labute approximate surface area is 75.7 Å². The smallest absolute Gasteiger partial charge is 0.0355 e. The molecule has 0 radical (unpaired) electrons. The van der Waals surface area contributed by atoms with Gasteiger partial charge in [-0.1, -0.05) is 25.7 Å². The number of hydrogen-bond acceptors (Lipinski definition) is 0. The molecule has 3 aliphatic rings. The van der Waals surface area contributed by atoms with Gasteiger partial charge >= 0.3 is 0 Å². The Morgan fingerprint density at radius 2 is 1.00 bits per heavy atom. The lowest BCUT2D eigenvalue weighted by Gasteiger charge is -2.36. The first-order chi connectivity index (χ1) is 5.95. The Morgan fingerprint density at radius 3 is 1.50 bits per heavy atom. The topological polar surface area (TPSA) is 0 Å². The molecule has 0 heteroatoms. The van der Waals surface area contributed by atoms with Crippen LogP contribution in [-0.2, 0) is 0 Å². The van der Waals surface area contributed by atoms with Crippen LogP contribution in [0.15, 0.2) is 0 Å². The van der Waals surface area contributed by atoms with Gasteiger partial charge in [-0.2, -0.15) is 0 Å². The van der Waals surface area contributed by atoms with Crippen molar-refractivity contribution in [3.63, 3.8) is 0 Å². The van der Waals surface area contributed by atoms with Crippen molar-refractivity contribution in [2.75, 3.05) is 0 Å². The van der Waals surface area contributed by atoms with Gasteiger partial charge in [0.05, 0.1) is 0 Å². The van der Waals surface area contributed by atoms with Gasteiger partial charge in [-0.05, 0) is 49.4 Å². The first-order valence-corrected chi connectivity index (χ1v) is 5.95. The number of hydrogen-bond donors (Lipinski definition) is 0. The van der Waals surface area contributed by atoms with Gasteiger partial charge in [-0.3, -0.25) is 0 Å². The maximum atomic E-state index is 1.59. The lowest BCUT2D eigenvalue weighted by atomic mass is 9.69. The van der Waals surface area contributed by atoms with E-state index in [0.29, 0.717) is 0 Å². The van der Waals surface area contributed by atoms with Gasteiger partial charge in [-0.15, -0.1) is 0 Å². The van der Waals surface area contributed by atoms with Gasteiger partial charge in [0.2, 0.25) is 0 Å². The molecular weight excluding hydrogens is 144 g/mol. The average molecular weight is 164 g/mol. The van der Waals surface area contributed by atoms with Crippen LogP contribution in [0.3, 0.4) is 0 Å². The van der Waals surface area contributed by atoms with Crippen LogP contribution in [-0.4, -0.2) is 0 Å². The van der Waals surface area contributed by atoms with Crippen LogP contribution in [0.5, 0.6) is 0 Å². The van der Waals surface area contributed by atoms with Crippen molar-refractivity contribution in [1.82, 2.24) is 0 Å². The molecule has 3 rings (SSSR count). The zero-order valence-electron chi connectivity index (χ0n) is 7.97. The van der Waals surface area contributed by atoms with Crippen molar-refractivity contribution in [3.05, 3.63) is 0 Å². The normalized spacial score (nSPS) is 52.0. The summed E-state index contributed by atoms with van der Waals surface area (Å²) in [5.74, 6) is 4.71. The second-order valence-electron chi connectivity index (χ2n) is 5.29. The minimum Gasteiger partial charge on any atom is -0.0527 e. The Morgan fingerprint density at radius 1 is 0.500 bits per heavy atom. The zero-order chi connectivity index (χ0) is 7.97. The highest BCUT2D eigenvalue weighted by Gasteiger charge is 2.43. The van der Waals surface area contributed by atoms with Gasteiger partial charge < -0.3 is 0 Å². The summed E-state index contributed by atoms with van der Waals surface area (Å²) >= 11 is 0. The highest BCUT2D eigenvalue weighted by molar-refractivity contribution is 4.93. The van der Waals surface area contributed by atoms with Gasteiger partial charge in [0.15, 0.2) is 0 Å². The molecule has 0 bridgehead atoms.